The molecule has 0 bridgehead atoms. The molecule has 0 unspecified atom stereocenters. The average molecular weight is 255 g/mol. The Morgan fingerprint density at radius 3 is 2.84 bits per heavy atom. The summed E-state index contributed by atoms with van der Waals surface area (Å²) in [5, 5.41) is 3.22. The van der Waals surface area contributed by atoms with Gasteiger partial charge in [-0.2, -0.15) is 0 Å². The van der Waals surface area contributed by atoms with Gasteiger partial charge in [-0.25, -0.2) is 4.79 Å². The standard InChI is InChI=1S/C16H17NO2/c1-5-16(3,4)17-13-7-6-12-8-11(2)9-15(18)19-14(12)10-13/h1,6-7,9-10,17H,8H2,2-4H3. The summed E-state index contributed by atoms with van der Waals surface area (Å²) >= 11 is 0. The van der Waals surface area contributed by atoms with Crippen LogP contribution in [0.5, 0.6) is 5.75 Å². The molecule has 2 rings (SSSR count). The monoisotopic (exact) mass is 255 g/mol. The highest BCUT2D eigenvalue weighted by molar-refractivity contribution is 5.86. The molecule has 19 heavy (non-hydrogen) atoms. The number of anilines is 1. The van der Waals surface area contributed by atoms with Crippen LogP contribution < -0.4 is 10.1 Å². The largest absolute Gasteiger partial charge is 0.423 e. The van der Waals surface area contributed by atoms with E-state index in [0.717, 1.165) is 23.2 Å². The molecule has 0 atom stereocenters. The fraction of sp³-hybridized carbons (Fsp3) is 0.312. The van der Waals surface area contributed by atoms with Gasteiger partial charge in [0.1, 0.15) is 5.75 Å². The van der Waals surface area contributed by atoms with Gasteiger partial charge in [-0.15, -0.1) is 6.42 Å². The molecule has 3 heteroatoms. The molecule has 0 amide bonds. The first kappa shape index (κ1) is 13.2. The van der Waals surface area contributed by atoms with E-state index in [0.29, 0.717) is 5.75 Å². The van der Waals surface area contributed by atoms with Crippen LogP contribution >= 0.6 is 0 Å². The lowest BCUT2D eigenvalue weighted by molar-refractivity contribution is -0.128. The van der Waals surface area contributed by atoms with Gasteiger partial charge >= 0.3 is 5.97 Å². The van der Waals surface area contributed by atoms with E-state index < -0.39 is 5.54 Å². The van der Waals surface area contributed by atoms with Crippen LogP contribution in [0.15, 0.2) is 29.8 Å². The van der Waals surface area contributed by atoms with Crippen molar-refractivity contribution in [2.75, 3.05) is 5.32 Å². The zero-order valence-corrected chi connectivity index (χ0v) is 11.4. The van der Waals surface area contributed by atoms with E-state index in [1.54, 1.807) is 0 Å². The molecule has 0 fully saturated rings. The Balaban J connectivity index is 2.31. The normalized spacial score (nSPS) is 14.6. The van der Waals surface area contributed by atoms with Crippen LogP contribution in [-0.2, 0) is 11.2 Å². The summed E-state index contributed by atoms with van der Waals surface area (Å²) in [7, 11) is 0. The van der Waals surface area contributed by atoms with E-state index in [1.807, 2.05) is 39.0 Å². The summed E-state index contributed by atoms with van der Waals surface area (Å²) in [4.78, 5) is 11.6. The van der Waals surface area contributed by atoms with E-state index in [9.17, 15) is 4.79 Å². The molecular formula is C16H17NO2. The quantitative estimate of drug-likeness (QED) is 0.501. The van der Waals surface area contributed by atoms with Crippen LogP contribution in [-0.4, -0.2) is 11.5 Å². The first-order valence-electron chi connectivity index (χ1n) is 6.17. The van der Waals surface area contributed by atoms with Crippen LogP contribution in [0, 0.1) is 12.3 Å². The fourth-order valence-corrected chi connectivity index (χ4v) is 1.96. The van der Waals surface area contributed by atoms with Crippen LogP contribution in [0.1, 0.15) is 26.3 Å². The van der Waals surface area contributed by atoms with Crippen LogP contribution in [0.25, 0.3) is 0 Å². The van der Waals surface area contributed by atoms with Gasteiger partial charge in [0.25, 0.3) is 0 Å². The number of hydrogen-bond donors (Lipinski definition) is 1. The molecule has 3 nitrogen and oxygen atoms in total. The van der Waals surface area contributed by atoms with Gasteiger partial charge in [-0.1, -0.05) is 17.6 Å². The Morgan fingerprint density at radius 1 is 1.42 bits per heavy atom. The molecule has 0 saturated carbocycles. The number of allylic oxidation sites excluding steroid dienone is 1. The van der Waals surface area contributed by atoms with E-state index in [4.69, 9.17) is 11.2 Å². The highest BCUT2D eigenvalue weighted by Gasteiger charge is 2.17. The van der Waals surface area contributed by atoms with Crippen molar-refractivity contribution in [2.24, 2.45) is 0 Å². The summed E-state index contributed by atoms with van der Waals surface area (Å²) in [5.41, 5.74) is 2.39. The van der Waals surface area contributed by atoms with Crippen molar-refractivity contribution in [3.8, 4) is 18.1 Å². The number of rotatable bonds is 2. The van der Waals surface area contributed by atoms with E-state index >= 15 is 0 Å². The van der Waals surface area contributed by atoms with Crippen molar-refractivity contribution < 1.29 is 9.53 Å². The van der Waals surface area contributed by atoms with Gasteiger partial charge in [0.15, 0.2) is 0 Å². The van der Waals surface area contributed by atoms with Gasteiger partial charge in [0.2, 0.25) is 0 Å². The summed E-state index contributed by atoms with van der Waals surface area (Å²) in [6, 6.07) is 5.73. The summed E-state index contributed by atoms with van der Waals surface area (Å²) in [6.45, 7) is 5.75. The van der Waals surface area contributed by atoms with E-state index in [1.165, 1.54) is 6.08 Å². The molecule has 1 aliphatic rings. The molecule has 1 aliphatic heterocycles. The minimum absolute atomic E-state index is 0.329. The number of ether oxygens (including phenoxy) is 1. The molecule has 1 aromatic rings. The van der Waals surface area contributed by atoms with Crippen molar-refractivity contribution in [3.63, 3.8) is 0 Å². The second-order valence-electron chi connectivity index (χ2n) is 5.31. The van der Waals surface area contributed by atoms with Gasteiger partial charge in [-0.3, -0.25) is 0 Å². The topological polar surface area (TPSA) is 38.3 Å². The molecule has 98 valence electrons. The zero-order valence-electron chi connectivity index (χ0n) is 11.4. The van der Waals surface area contributed by atoms with Gasteiger partial charge in [0, 0.05) is 17.8 Å². The predicted molar refractivity (Wildman–Crippen MR) is 76.1 cm³/mol. The van der Waals surface area contributed by atoms with Crippen molar-refractivity contribution >= 4 is 11.7 Å². The van der Waals surface area contributed by atoms with Crippen molar-refractivity contribution in [1.82, 2.24) is 0 Å². The summed E-state index contributed by atoms with van der Waals surface area (Å²) in [6.07, 6.45) is 7.70. The third kappa shape index (κ3) is 3.17. The van der Waals surface area contributed by atoms with Crippen LogP contribution in [0.2, 0.25) is 0 Å². The van der Waals surface area contributed by atoms with Crippen molar-refractivity contribution in [3.05, 3.63) is 35.4 Å². The maximum Gasteiger partial charge on any atom is 0.336 e. The van der Waals surface area contributed by atoms with Crippen LogP contribution in [0.3, 0.4) is 0 Å². The number of carbonyl (C=O) groups is 1. The number of fused-ring (bicyclic) bond motifs is 1. The maximum absolute atomic E-state index is 11.6. The van der Waals surface area contributed by atoms with Crippen LogP contribution in [0.4, 0.5) is 5.69 Å². The number of carbonyl (C=O) groups excluding carboxylic acids is 1. The number of benzene rings is 1. The lowest BCUT2D eigenvalue weighted by Gasteiger charge is -2.21. The molecule has 0 aliphatic carbocycles. The Morgan fingerprint density at radius 2 is 2.16 bits per heavy atom. The SMILES string of the molecule is C#CC(C)(C)Nc1ccc2c(c1)OC(=O)C=C(C)C2. The molecular weight excluding hydrogens is 238 g/mol. The molecule has 0 radical (unpaired) electrons. The predicted octanol–water partition coefficient (Wildman–Crippen LogP) is 2.92. The van der Waals surface area contributed by atoms with Gasteiger partial charge in [0.05, 0.1) is 5.54 Å². The molecule has 1 aromatic carbocycles. The van der Waals surface area contributed by atoms with Crippen molar-refractivity contribution in [2.45, 2.75) is 32.7 Å². The first-order chi connectivity index (χ1) is 8.89. The maximum atomic E-state index is 11.6. The average Bonchev–Trinajstić information content (AvgIpc) is 2.45. The summed E-state index contributed by atoms with van der Waals surface area (Å²) in [5.74, 6) is 2.93. The highest BCUT2D eigenvalue weighted by atomic mass is 16.5. The Hall–Kier alpha value is -2.21. The third-order valence-corrected chi connectivity index (χ3v) is 2.93. The van der Waals surface area contributed by atoms with E-state index in [-0.39, 0.29) is 5.97 Å². The Bertz CT molecular complexity index is 591. The molecule has 0 aromatic heterocycles. The number of esters is 1. The second-order valence-corrected chi connectivity index (χ2v) is 5.31. The molecule has 0 saturated heterocycles. The zero-order chi connectivity index (χ0) is 14.0. The number of hydrogen-bond acceptors (Lipinski definition) is 3. The van der Waals surface area contributed by atoms with Gasteiger partial charge in [-0.05, 0) is 38.8 Å². The molecule has 1 heterocycles. The Labute approximate surface area is 113 Å². The number of terminal acetylenes is 1. The first-order valence-corrected chi connectivity index (χ1v) is 6.17. The third-order valence-electron chi connectivity index (χ3n) is 2.93. The minimum atomic E-state index is -0.447. The molecule has 1 N–H and O–H groups in total. The van der Waals surface area contributed by atoms with E-state index in [2.05, 4.69) is 11.2 Å². The molecule has 0 spiro atoms. The minimum Gasteiger partial charge on any atom is -0.423 e. The summed E-state index contributed by atoms with van der Waals surface area (Å²) < 4.78 is 5.31. The lowest BCUT2D eigenvalue weighted by Crippen LogP contribution is -2.28. The fourth-order valence-electron chi connectivity index (χ4n) is 1.96. The highest BCUT2D eigenvalue weighted by Crippen LogP contribution is 2.29. The van der Waals surface area contributed by atoms with Gasteiger partial charge < -0.3 is 10.1 Å². The second kappa shape index (κ2) is 4.81. The smallest absolute Gasteiger partial charge is 0.336 e. The Kier molecular flexibility index (Phi) is 3.35. The lowest BCUT2D eigenvalue weighted by atomic mass is 10.0. The van der Waals surface area contributed by atoms with Crippen molar-refractivity contribution in [1.29, 1.82) is 0 Å². The number of nitrogens with one attached hydrogen (secondary N) is 1.